The molecule has 1 aliphatic heterocycles. The van der Waals surface area contributed by atoms with Crippen LogP contribution < -0.4 is 10.6 Å². The highest BCUT2D eigenvalue weighted by molar-refractivity contribution is 5.57. The number of nitrogens with one attached hydrogen (secondary N) is 2. The number of aromatic nitrogens is 1. The van der Waals surface area contributed by atoms with Crippen LogP contribution in [0.15, 0.2) is 12.3 Å². The first-order chi connectivity index (χ1) is 13.0. The van der Waals surface area contributed by atoms with Crippen LogP contribution in [-0.4, -0.2) is 41.7 Å². The number of nitrogens with zero attached hydrogens (tertiary/aromatic N) is 2. The molecule has 0 spiro atoms. The Labute approximate surface area is 162 Å². The van der Waals surface area contributed by atoms with E-state index in [0.29, 0.717) is 11.9 Å². The molecular formula is C20H34N4O3. The fourth-order valence-electron chi connectivity index (χ4n) is 3.60. The van der Waals surface area contributed by atoms with Crippen LogP contribution in [0, 0.1) is 23.0 Å². The van der Waals surface area contributed by atoms with Crippen LogP contribution in [0.1, 0.15) is 57.9 Å². The summed E-state index contributed by atoms with van der Waals surface area (Å²) in [6.45, 7) is 8.99. The van der Waals surface area contributed by atoms with Gasteiger partial charge in [0.25, 0.3) is 0 Å². The van der Waals surface area contributed by atoms with E-state index in [4.69, 9.17) is 4.74 Å². The highest BCUT2D eigenvalue weighted by atomic mass is 16.6. The molecule has 1 aromatic rings. The molecule has 1 aliphatic carbocycles. The van der Waals surface area contributed by atoms with Crippen LogP contribution in [0.25, 0.3) is 0 Å². The Morgan fingerprint density at radius 3 is 2.52 bits per heavy atom. The first-order valence-corrected chi connectivity index (χ1v) is 10.2. The maximum atomic E-state index is 10.9. The standard InChI is InChI=1S/C11H16N4O2.C9H18O/c1-8-6-10(15(16)17)11(13-7-8)14-9-2-4-12-5-3-9;1-3-10-9-6-4-8(2)5-7-9/h6-7,9,12H,2-5H2,1H3,(H,13,14);8-9H,3-7H2,1-2H3. The summed E-state index contributed by atoms with van der Waals surface area (Å²) in [5, 5.41) is 17.3. The largest absolute Gasteiger partial charge is 0.379 e. The third-order valence-electron chi connectivity index (χ3n) is 5.25. The molecular weight excluding hydrogens is 344 g/mol. The number of aryl methyl sites for hydroxylation is 1. The minimum atomic E-state index is -0.386. The van der Waals surface area contributed by atoms with Gasteiger partial charge in [0.2, 0.25) is 5.82 Å². The van der Waals surface area contributed by atoms with E-state index in [-0.39, 0.29) is 16.7 Å². The Morgan fingerprint density at radius 1 is 1.26 bits per heavy atom. The first-order valence-electron chi connectivity index (χ1n) is 10.2. The third-order valence-corrected chi connectivity index (χ3v) is 5.25. The van der Waals surface area contributed by atoms with Crippen molar-refractivity contribution in [3.63, 3.8) is 0 Å². The molecule has 3 rings (SSSR count). The van der Waals surface area contributed by atoms with Crippen LogP contribution in [-0.2, 0) is 4.74 Å². The van der Waals surface area contributed by atoms with Crippen molar-refractivity contribution >= 4 is 11.5 Å². The number of hydrogen-bond acceptors (Lipinski definition) is 6. The van der Waals surface area contributed by atoms with Gasteiger partial charge in [-0.2, -0.15) is 0 Å². The highest BCUT2D eigenvalue weighted by Gasteiger charge is 2.20. The van der Waals surface area contributed by atoms with Crippen molar-refractivity contribution in [1.82, 2.24) is 10.3 Å². The Hall–Kier alpha value is -1.73. The van der Waals surface area contributed by atoms with Crippen LogP contribution in [0.4, 0.5) is 11.5 Å². The summed E-state index contributed by atoms with van der Waals surface area (Å²) < 4.78 is 5.53. The van der Waals surface area contributed by atoms with E-state index in [1.807, 2.05) is 0 Å². The van der Waals surface area contributed by atoms with Gasteiger partial charge in [0.1, 0.15) is 0 Å². The van der Waals surface area contributed by atoms with Crippen LogP contribution in [0.5, 0.6) is 0 Å². The SMILES string of the molecule is CCOC1CCC(C)CC1.Cc1cnc(NC2CCNCC2)c([N+](=O)[O-])c1. The summed E-state index contributed by atoms with van der Waals surface area (Å²) in [4.78, 5) is 14.7. The topological polar surface area (TPSA) is 89.3 Å². The van der Waals surface area contributed by atoms with Gasteiger partial charge in [-0.25, -0.2) is 4.98 Å². The van der Waals surface area contributed by atoms with E-state index < -0.39 is 0 Å². The lowest BCUT2D eigenvalue weighted by atomic mass is 9.89. The lowest BCUT2D eigenvalue weighted by molar-refractivity contribution is -0.384. The van der Waals surface area contributed by atoms with E-state index in [0.717, 1.165) is 44.0 Å². The van der Waals surface area contributed by atoms with E-state index >= 15 is 0 Å². The fraction of sp³-hybridized carbons (Fsp3) is 0.750. The molecule has 7 heteroatoms. The van der Waals surface area contributed by atoms with Crippen molar-refractivity contribution in [2.75, 3.05) is 25.0 Å². The summed E-state index contributed by atoms with van der Waals surface area (Å²) in [6.07, 6.45) is 9.47. The average Bonchev–Trinajstić information content (AvgIpc) is 2.66. The molecule has 2 fully saturated rings. The molecule has 2 aliphatic rings. The van der Waals surface area contributed by atoms with Gasteiger partial charge in [-0.1, -0.05) is 6.92 Å². The number of pyridine rings is 1. The molecule has 0 amide bonds. The Balaban J connectivity index is 0.000000223. The van der Waals surface area contributed by atoms with E-state index in [9.17, 15) is 10.1 Å². The summed E-state index contributed by atoms with van der Waals surface area (Å²) >= 11 is 0. The van der Waals surface area contributed by atoms with Crippen molar-refractivity contribution in [2.45, 2.75) is 71.4 Å². The van der Waals surface area contributed by atoms with Crippen LogP contribution >= 0.6 is 0 Å². The zero-order chi connectivity index (χ0) is 19.6. The van der Waals surface area contributed by atoms with Crippen molar-refractivity contribution < 1.29 is 9.66 Å². The van der Waals surface area contributed by atoms with E-state index in [1.54, 1.807) is 19.2 Å². The monoisotopic (exact) mass is 378 g/mol. The predicted molar refractivity (Wildman–Crippen MR) is 108 cm³/mol. The van der Waals surface area contributed by atoms with E-state index in [1.165, 1.54) is 25.7 Å². The van der Waals surface area contributed by atoms with Gasteiger partial charge in [0.15, 0.2) is 0 Å². The number of rotatable bonds is 5. The van der Waals surface area contributed by atoms with Gasteiger partial charge < -0.3 is 15.4 Å². The van der Waals surface area contributed by atoms with Crippen molar-refractivity contribution in [2.24, 2.45) is 5.92 Å². The van der Waals surface area contributed by atoms with Gasteiger partial charge in [0, 0.05) is 24.9 Å². The molecule has 0 radical (unpaired) electrons. The molecule has 1 aromatic heterocycles. The molecule has 0 aromatic carbocycles. The molecule has 0 atom stereocenters. The molecule has 2 N–H and O–H groups in total. The molecule has 1 saturated heterocycles. The molecule has 27 heavy (non-hydrogen) atoms. The molecule has 1 saturated carbocycles. The zero-order valence-corrected chi connectivity index (χ0v) is 16.9. The summed E-state index contributed by atoms with van der Waals surface area (Å²) in [6, 6.07) is 1.82. The Bertz CT molecular complexity index is 583. The number of hydrogen-bond donors (Lipinski definition) is 2. The minimum absolute atomic E-state index is 0.0588. The zero-order valence-electron chi connectivity index (χ0n) is 16.9. The molecule has 0 unspecified atom stereocenters. The van der Waals surface area contributed by atoms with E-state index in [2.05, 4.69) is 29.5 Å². The maximum Gasteiger partial charge on any atom is 0.311 e. The summed E-state index contributed by atoms with van der Waals surface area (Å²) in [5.41, 5.74) is 0.857. The molecule has 152 valence electrons. The van der Waals surface area contributed by atoms with Crippen LogP contribution in [0.2, 0.25) is 0 Å². The van der Waals surface area contributed by atoms with Crippen molar-refractivity contribution in [3.05, 3.63) is 27.9 Å². The lowest BCUT2D eigenvalue weighted by Crippen LogP contribution is -2.35. The highest BCUT2D eigenvalue weighted by Crippen LogP contribution is 2.25. The average molecular weight is 379 g/mol. The normalized spacial score (nSPS) is 23.2. The van der Waals surface area contributed by atoms with Gasteiger partial charge >= 0.3 is 5.69 Å². The summed E-state index contributed by atoms with van der Waals surface area (Å²) in [5.74, 6) is 1.32. The number of ether oxygens (including phenoxy) is 1. The molecule has 0 bridgehead atoms. The second-order valence-corrected chi connectivity index (χ2v) is 7.64. The predicted octanol–water partition coefficient (Wildman–Crippen LogP) is 4.06. The van der Waals surface area contributed by atoms with Crippen molar-refractivity contribution in [1.29, 1.82) is 0 Å². The minimum Gasteiger partial charge on any atom is -0.379 e. The molecule has 2 heterocycles. The van der Waals surface area contributed by atoms with Crippen molar-refractivity contribution in [3.8, 4) is 0 Å². The Morgan fingerprint density at radius 2 is 1.93 bits per heavy atom. The number of anilines is 1. The third kappa shape index (κ3) is 7.42. The van der Waals surface area contributed by atoms with Gasteiger partial charge in [-0.15, -0.1) is 0 Å². The van der Waals surface area contributed by atoms with Gasteiger partial charge in [0.05, 0.1) is 11.0 Å². The smallest absolute Gasteiger partial charge is 0.311 e. The van der Waals surface area contributed by atoms with Crippen LogP contribution in [0.3, 0.4) is 0 Å². The first kappa shape index (κ1) is 21.6. The second kappa shape index (κ2) is 11.2. The number of nitro groups is 1. The summed E-state index contributed by atoms with van der Waals surface area (Å²) in [7, 11) is 0. The second-order valence-electron chi connectivity index (χ2n) is 7.64. The molecule has 7 nitrogen and oxygen atoms in total. The Kier molecular flexibility index (Phi) is 8.94. The fourth-order valence-corrected chi connectivity index (χ4v) is 3.60. The quantitative estimate of drug-likeness (QED) is 0.593. The maximum absolute atomic E-state index is 10.9. The van der Waals surface area contributed by atoms with Gasteiger partial charge in [-0.05, 0) is 76.9 Å². The number of piperidine rings is 1. The lowest BCUT2D eigenvalue weighted by Gasteiger charge is -2.25. The van der Waals surface area contributed by atoms with Gasteiger partial charge in [-0.3, -0.25) is 10.1 Å².